The molecule has 1 heterocycles. The Labute approximate surface area is 130 Å². The Balaban J connectivity index is 1.99. The molecule has 1 N–H and O–H groups in total. The van der Waals surface area contributed by atoms with Crippen LogP contribution in [0.1, 0.15) is 57.4 Å². The first-order valence-corrected chi connectivity index (χ1v) is 8.63. The topological polar surface area (TPSA) is 28.2 Å². The van der Waals surface area contributed by atoms with Gasteiger partial charge in [-0.2, -0.15) is 0 Å². The van der Waals surface area contributed by atoms with Crippen LogP contribution in [-0.2, 0) is 6.54 Å². The maximum Gasteiger partial charge on any atom is 0.0271 e. The van der Waals surface area contributed by atoms with Gasteiger partial charge in [-0.1, -0.05) is 32.6 Å². The highest BCUT2D eigenvalue weighted by Crippen LogP contribution is 2.22. The van der Waals surface area contributed by atoms with E-state index in [1.54, 1.807) is 0 Å². The van der Waals surface area contributed by atoms with Crippen molar-refractivity contribution in [3.8, 4) is 0 Å². The number of pyridine rings is 1. The van der Waals surface area contributed by atoms with Gasteiger partial charge >= 0.3 is 0 Å². The second kappa shape index (κ2) is 9.16. The van der Waals surface area contributed by atoms with Crippen LogP contribution in [0.5, 0.6) is 0 Å². The van der Waals surface area contributed by atoms with Crippen molar-refractivity contribution in [3.05, 3.63) is 30.1 Å². The zero-order valence-electron chi connectivity index (χ0n) is 13.7. The summed E-state index contributed by atoms with van der Waals surface area (Å²) in [6.07, 6.45) is 13.2. The number of nitrogens with one attached hydrogen (secondary N) is 1. The van der Waals surface area contributed by atoms with Gasteiger partial charge in [-0.25, -0.2) is 0 Å². The summed E-state index contributed by atoms with van der Waals surface area (Å²) in [5, 5.41) is 3.80. The van der Waals surface area contributed by atoms with Crippen LogP contribution in [0.4, 0.5) is 0 Å². The summed E-state index contributed by atoms with van der Waals surface area (Å²) >= 11 is 0. The number of rotatable bonds is 6. The Bertz CT molecular complexity index is 377. The molecule has 0 saturated heterocycles. The van der Waals surface area contributed by atoms with Crippen LogP contribution >= 0.6 is 0 Å². The molecule has 2 unspecified atom stereocenters. The summed E-state index contributed by atoms with van der Waals surface area (Å²) in [6.45, 7) is 4.42. The van der Waals surface area contributed by atoms with E-state index in [4.69, 9.17) is 0 Å². The lowest BCUT2D eigenvalue weighted by Gasteiger charge is -2.37. The second-order valence-electron chi connectivity index (χ2n) is 6.39. The van der Waals surface area contributed by atoms with Gasteiger partial charge in [-0.15, -0.1) is 0 Å². The van der Waals surface area contributed by atoms with Crippen molar-refractivity contribution < 1.29 is 0 Å². The van der Waals surface area contributed by atoms with E-state index in [1.807, 2.05) is 12.4 Å². The van der Waals surface area contributed by atoms with Crippen LogP contribution in [-0.4, -0.2) is 35.6 Å². The number of likely N-dealkylation sites (N-methyl/N-ethyl adjacent to an activating group) is 1. The summed E-state index contributed by atoms with van der Waals surface area (Å²) in [4.78, 5) is 6.67. The first-order valence-electron chi connectivity index (χ1n) is 8.63. The third-order valence-electron chi connectivity index (χ3n) is 4.63. The predicted octanol–water partition coefficient (Wildman–Crippen LogP) is 3.60. The summed E-state index contributed by atoms with van der Waals surface area (Å²) in [6, 6.07) is 5.57. The normalized spacial score (nSPS) is 23.8. The molecule has 1 aliphatic rings. The van der Waals surface area contributed by atoms with Gasteiger partial charge < -0.3 is 5.32 Å². The number of nitrogens with zero attached hydrogens (tertiary/aromatic N) is 2. The summed E-state index contributed by atoms with van der Waals surface area (Å²) < 4.78 is 0. The molecule has 0 amide bonds. The zero-order valence-corrected chi connectivity index (χ0v) is 13.7. The average Bonchev–Trinajstić information content (AvgIpc) is 2.47. The van der Waals surface area contributed by atoms with Crippen molar-refractivity contribution in [3.63, 3.8) is 0 Å². The summed E-state index contributed by atoms with van der Waals surface area (Å²) in [7, 11) is 2.29. The monoisotopic (exact) mass is 289 g/mol. The van der Waals surface area contributed by atoms with Crippen molar-refractivity contribution in [1.82, 2.24) is 15.2 Å². The van der Waals surface area contributed by atoms with Crippen molar-refractivity contribution in [1.29, 1.82) is 0 Å². The molecule has 0 spiro atoms. The molecule has 1 aromatic heterocycles. The Morgan fingerprint density at radius 1 is 1.14 bits per heavy atom. The standard InChI is InChI=1S/C18H31N3/c1-3-12-20-17-8-6-4-5-7-9-18(17)21(2)15-16-10-13-19-14-11-16/h10-11,13-14,17-18,20H,3-9,12,15H2,1-2H3. The Hall–Kier alpha value is -0.930. The lowest BCUT2D eigenvalue weighted by atomic mass is 9.91. The maximum atomic E-state index is 4.12. The van der Waals surface area contributed by atoms with Crippen LogP contribution < -0.4 is 5.32 Å². The van der Waals surface area contributed by atoms with Crippen LogP contribution in [0.3, 0.4) is 0 Å². The Morgan fingerprint density at radius 3 is 2.57 bits per heavy atom. The first-order chi connectivity index (χ1) is 10.3. The number of hydrogen-bond donors (Lipinski definition) is 1. The second-order valence-corrected chi connectivity index (χ2v) is 6.39. The third-order valence-corrected chi connectivity index (χ3v) is 4.63. The van der Waals surface area contributed by atoms with Gasteiger partial charge in [0.2, 0.25) is 0 Å². The van der Waals surface area contributed by atoms with E-state index < -0.39 is 0 Å². The summed E-state index contributed by atoms with van der Waals surface area (Å²) in [5.74, 6) is 0. The average molecular weight is 289 g/mol. The lowest BCUT2D eigenvalue weighted by molar-refractivity contribution is 0.156. The van der Waals surface area contributed by atoms with E-state index in [9.17, 15) is 0 Å². The van der Waals surface area contributed by atoms with E-state index in [0.29, 0.717) is 12.1 Å². The molecule has 3 heteroatoms. The predicted molar refractivity (Wildman–Crippen MR) is 89.3 cm³/mol. The molecule has 1 aliphatic carbocycles. The van der Waals surface area contributed by atoms with Gasteiger partial charge in [-0.3, -0.25) is 9.88 Å². The van der Waals surface area contributed by atoms with Crippen LogP contribution in [0, 0.1) is 0 Å². The van der Waals surface area contributed by atoms with E-state index in [-0.39, 0.29) is 0 Å². The van der Waals surface area contributed by atoms with Gasteiger partial charge in [-0.05, 0) is 50.6 Å². The molecular formula is C18H31N3. The highest BCUT2D eigenvalue weighted by Gasteiger charge is 2.25. The Kier molecular flexibility index (Phi) is 7.17. The fourth-order valence-corrected chi connectivity index (χ4v) is 3.45. The van der Waals surface area contributed by atoms with Crippen LogP contribution in [0.25, 0.3) is 0 Å². The van der Waals surface area contributed by atoms with Gasteiger partial charge in [0.15, 0.2) is 0 Å². The molecule has 2 rings (SSSR count). The van der Waals surface area contributed by atoms with Crippen LogP contribution in [0.2, 0.25) is 0 Å². The zero-order chi connectivity index (χ0) is 14.9. The highest BCUT2D eigenvalue weighted by atomic mass is 15.2. The van der Waals surface area contributed by atoms with Gasteiger partial charge in [0.05, 0.1) is 0 Å². The molecule has 21 heavy (non-hydrogen) atoms. The molecule has 1 aromatic rings. The molecular weight excluding hydrogens is 258 g/mol. The molecule has 2 atom stereocenters. The van der Waals surface area contributed by atoms with E-state index in [0.717, 1.165) is 13.1 Å². The molecule has 0 bridgehead atoms. The fraction of sp³-hybridized carbons (Fsp3) is 0.722. The quantitative estimate of drug-likeness (QED) is 0.867. The smallest absolute Gasteiger partial charge is 0.0271 e. The molecule has 0 aliphatic heterocycles. The van der Waals surface area contributed by atoms with Gasteiger partial charge in [0.25, 0.3) is 0 Å². The van der Waals surface area contributed by atoms with E-state index >= 15 is 0 Å². The van der Waals surface area contributed by atoms with E-state index in [2.05, 4.69) is 41.3 Å². The minimum absolute atomic E-state index is 0.650. The van der Waals surface area contributed by atoms with Crippen molar-refractivity contribution in [2.24, 2.45) is 0 Å². The molecule has 1 saturated carbocycles. The first kappa shape index (κ1) is 16.4. The SMILES string of the molecule is CCCNC1CCCCCCC1N(C)Cc1ccncc1. The van der Waals surface area contributed by atoms with E-state index in [1.165, 1.54) is 50.5 Å². The number of aromatic nitrogens is 1. The maximum absolute atomic E-state index is 4.12. The van der Waals surface area contributed by atoms with Crippen molar-refractivity contribution >= 4 is 0 Å². The molecule has 1 fully saturated rings. The van der Waals surface area contributed by atoms with Crippen molar-refractivity contribution in [2.45, 2.75) is 70.5 Å². The van der Waals surface area contributed by atoms with Crippen molar-refractivity contribution in [2.75, 3.05) is 13.6 Å². The third kappa shape index (κ3) is 5.40. The molecule has 0 aromatic carbocycles. The van der Waals surface area contributed by atoms with Gasteiger partial charge in [0, 0.05) is 31.0 Å². The molecule has 3 nitrogen and oxygen atoms in total. The molecule has 0 radical (unpaired) electrons. The number of hydrogen-bond acceptors (Lipinski definition) is 3. The molecule has 118 valence electrons. The lowest BCUT2D eigenvalue weighted by Crippen LogP contribution is -2.49. The fourth-order valence-electron chi connectivity index (χ4n) is 3.45. The largest absolute Gasteiger partial charge is 0.312 e. The van der Waals surface area contributed by atoms with Gasteiger partial charge in [0.1, 0.15) is 0 Å². The Morgan fingerprint density at radius 2 is 1.86 bits per heavy atom. The summed E-state index contributed by atoms with van der Waals surface area (Å²) in [5.41, 5.74) is 1.36. The minimum atomic E-state index is 0.650. The van der Waals surface area contributed by atoms with Crippen LogP contribution in [0.15, 0.2) is 24.5 Å². The highest BCUT2D eigenvalue weighted by molar-refractivity contribution is 5.09. The minimum Gasteiger partial charge on any atom is -0.312 e.